The van der Waals surface area contributed by atoms with E-state index in [4.69, 9.17) is 17.5 Å². The molecule has 0 fully saturated rings. The van der Waals surface area contributed by atoms with Gasteiger partial charge in [0.15, 0.2) is 0 Å². The molecular formula is C104H158N4S4Si2. The molecule has 4 aliphatic rings. The maximum Gasteiger partial charge on any atom is 0.115 e. The Balaban J connectivity index is 0.902. The number of aryl methyl sites for hydroxylation is 2. The van der Waals surface area contributed by atoms with E-state index in [1.165, 1.54) is 463 Å². The van der Waals surface area contributed by atoms with E-state index in [0.717, 1.165) is 11.0 Å². The van der Waals surface area contributed by atoms with Gasteiger partial charge in [0.2, 0.25) is 0 Å². The van der Waals surface area contributed by atoms with Crippen molar-refractivity contribution in [1.29, 1.82) is 0 Å². The summed E-state index contributed by atoms with van der Waals surface area (Å²) < 4.78 is 21.9. The molecule has 114 heavy (non-hydrogen) atoms. The molecule has 12 rings (SSSR count). The molecule has 0 saturated heterocycles. The molecule has 0 unspecified atom stereocenters. The minimum atomic E-state index is -2.08. The summed E-state index contributed by atoms with van der Waals surface area (Å²) in [7, 11) is -3.95. The smallest absolute Gasteiger partial charge is 0.115 e. The Morgan fingerprint density at radius 3 is 0.868 bits per heavy atom. The molecule has 0 amide bonds. The first-order valence-electron chi connectivity index (χ1n) is 49.1. The van der Waals surface area contributed by atoms with Crippen LogP contribution in [0.25, 0.3) is 75.6 Å². The number of benzene rings is 4. The van der Waals surface area contributed by atoms with Crippen LogP contribution in [0.1, 0.15) is 446 Å². The zero-order chi connectivity index (χ0) is 79.6. The number of rotatable bonds is 61. The van der Waals surface area contributed by atoms with Gasteiger partial charge in [-0.25, -0.2) is 0 Å². The lowest BCUT2D eigenvalue weighted by molar-refractivity contribution is 0.393. The van der Waals surface area contributed by atoms with Gasteiger partial charge >= 0.3 is 0 Å². The first kappa shape index (κ1) is 89.6. The molecule has 2 aliphatic carbocycles. The van der Waals surface area contributed by atoms with Crippen LogP contribution in [-0.2, 0) is 10.8 Å². The molecule has 4 nitrogen and oxygen atoms in total. The van der Waals surface area contributed by atoms with E-state index in [1.807, 2.05) is 11.3 Å². The van der Waals surface area contributed by atoms with Gasteiger partial charge in [-0.3, -0.25) is 0 Å². The lowest BCUT2D eigenvalue weighted by Crippen LogP contribution is -2.51. The highest BCUT2D eigenvalue weighted by molar-refractivity contribution is 7.24. The SMILES string of the molecule is CCCCCCCCCCCCCCCCC1(CCCCCCCCCCCCCCCC)c2cc3c(cc2-c2c1cc(C)c1nsnc21)C(CCCCCCCCCCCCCCCC)(CCCCCCCCCCCCCCCC)c1cc(-c2cc4c(s2)-c2cc5c(cc2[Si]4(C)C)-c2sc(C)cc2[Si]5(C)C)c2nsnc2c1-3. The predicted octanol–water partition coefficient (Wildman–Crippen LogP) is 33.7. The minimum Gasteiger partial charge on any atom is -0.173 e. The van der Waals surface area contributed by atoms with Crippen LogP contribution in [0.15, 0.2) is 48.5 Å². The molecule has 10 heteroatoms. The van der Waals surface area contributed by atoms with Gasteiger partial charge in [-0.2, -0.15) is 17.5 Å². The molecule has 6 heterocycles. The molecule has 8 aromatic rings. The van der Waals surface area contributed by atoms with Gasteiger partial charge in [0.05, 0.1) is 23.5 Å². The number of thiophene rings is 2. The summed E-state index contributed by atoms with van der Waals surface area (Å²) in [4.78, 5) is 6.01. The van der Waals surface area contributed by atoms with Crippen LogP contribution in [0.3, 0.4) is 0 Å². The van der Waals surface area contributed by atoms with Crippen LogP contribution >= 0.6 is 46.1 Å². The summed E-state index contributed by atoms with van der Waals surface area (Å²) >= 11 is 7.10. The fourth-order valence-electron chi connectivity index (χ4n) is 22.1. The number of aromatic nitrogens is 4. The summed E-state index contributed by atoms with van der Waals surface area (Å²) in [5.74, 6) is 0. The van der Waals surface area contributed by atoms with Gasteiger partial charge in [0.25, 0.3) is 0 Å². The van der Waals surface area contributed by atoms with Crippen molar-refractivity contribution in [2.75, 3.05) is 0 Å². The third kappa shape index (κ3) is 21.6. The van der Waals surface area contributed by atoms with Crippen LogP contribution in [0.5, 0.6) is 0 Å². The van der Waals surface area contributed by atoms with Crippen molar-refractivity contribution in [2.45, 2.75) is 464 Å². The van der Waals surface area contributed by atoms with E-state index in [1.54, 1.807) is 63.9 Å². The van der Waals surface area contributed by atoms with Gasteiger partial charge in [0, 0.05) is 47.0 Å². The number of hydrogen-bond donors (Lipinski definition) is 0. The highest BCUT2D eigenvalue weighted by Gasteiger charge is 2.51. The number of fused-ring (bicyclic) bond motifs is 16. The first-order valence-corrected chi connectivity index (χ1v) is 58.1. The Morgan fingerprint density at radius 1 is 0.254 bits per heavy atom. The molecule has 0 bridgehead atoms. The van der Waals surface area contributed by atoms with Crippen LogP contribution in [-0.4, -0.2) is 33.6 Å². The Labute approximate surface area is 715 Å². The summed E-state index contributed by atoms with van der Waals surface area (Å²) in [5.41, 5.74) is 22.5. The molecule has 4 aromatic carbocycles. The average Bonchev–Trinajstić information content (AvgIpc) is 1.52. The maximum atomic E-state index is 5.68. The van der Waals surface area contributed by atoms with Crippen molar-refractivity contribution in [3.63, 3.8) is 0 Å². The van der Waals surface area contributed by atoms with E-state index >= 15 is 0 Å². The summed E-state index contributed by atoms with van der Waals surface area (Å²) in [6.45, 7) is 24.6. The standard InChI is InChI=1S/C104H158N4S4Si2/c1-11-15-19-23-27-31-35-39-43-47-51-55-59-63-67-103(68-64-60-56-52-48-44-40-36-32-28-24-20-16-12-2)86-74-82-87(73-81(86)95-88(103)71-79(5)97-99(95)107-111-105-97)104(69-65-61-57-53-49-45-41-37-33-29-25-21-17-13-3,70-66-62-58-54-50-46-42-38-34-30-26-22-18-14-4)89-75-83(98-100(96(82)89)108-112-106-98)90-78-94-102(110-90)85-77-91-84(76-92(85)114(94,9)10)101-93(113(91,7)8)72-80(6)109-101/h71-78H,11-70H2,1-10H3. The average molecular weight is 1650 g/mol. The van der Waals surface area contributed by atoms with Crippen molar-refractivity contribution in [3.8, 4) is 53.6 Å². The van der Waals surface area contributed by atoms with Gasteiger partial charge < -0.3 is 0 Å². The summed E-state index contributed by atoms with van der Waals surface area (Å²) in [6.07, 6.45) is 82.5. The molecular weight excluding hydrogens is 1490 g/mol. The zero-order valence-electron chi connectivity index (χ0n) is 74.5. The first-order chi connectivity index (χ1) is 55.8. The largest absolute Gasteiger partial charge is 0.173 e. The normalized spacial score (nSPS) is 14.9. The lowest BCUT2D eigenvalue weighted by Gasteiger charge is -2.35. The second kappa shape index (κ2) is 45.3. The van der Waals surface area contributed by atoms with E-state index in [-0.39, 0.29) is 10.8 Å². The van der Waals surface area contributed by atoms with Crippen LogP contribution in [0.2, 0.25) is 26.2 Å². The van der Waals surface area contributed by atoms with Crippen LogP contribution in [0, 0.1) is 13.8 Å². The van der Waals surface area contributed by atoms with Crippen LogP contribution < -0.4 is 20.7 Å². The Morgan fingerprint density at radius 2 is 0.526 bits per heavy atom. The van der Waals surface area contributed by atoms with E-state index in [2.05, 4.69) is 128 Å². The molecule has 2 aliphatic heterocycles. The third-order valence-corrected chi connectivity index (χ3v) is 39.8. The zero-order valence-corrected chi connectivity index (χ0v) is 79.7. The number of nitrogens with zero attached hydrogens (tertiary/aromatic N) is 4. The third-order valence-electron chi connectivity index (χ3n) is 29.0. The Kier molecular flexibility index (Phi) is 35.6. The second-order valence-corrected chi connectivity index (χ2v) is 50.5. The van der Waals surface area contributed by atoms with E-state index < -0.39 is 16.1 Å². The summed E-state index contributed by atoms with van der Waals surface area (Å²) in [5, 5.41) is 6.62. The molecule has 626 valence electrons. The predicted molar refractivity (Wildman–Crippen MR) is 516 cm³/mol. The van der Waals surface area contributed by atoms with Crippen molar-refractivity contribution < 1.29 is 0 Å². The fourth-order valence-corrected chi connectivity index (χ4v) is 33.4. The van der Waals surface area contributed by atoms with Crippen molar-refractivity contribution in [2.24, 2.45) is 0 Å². The number of unbranched alkanes of at least 4 members (excludes halogenated alkanes) is 52. The number of hydrogen-bond acceptors (Lipinski definition) is 8. The minimum absolute atomic E-state index is 0.0996. The molecule has 0 radical (unpaired) electrons. The second-order valence-electron chi connectivity index (χ2n) is 38.5. The van der Waals surface area contributed by atoms with Gasteiger partial charge in [0.1, 0.15) is 38.2 Å². The highest BCUT2D eigenvalue weighted by atomic mass is 32.1. The fraction of sp³-hybridized carbons (Fsp3) is 0.692. The molecule has 4 aromatic heterocycles. The highest BCUT2D eigenvalue weighted by Crippen LogP contribution is 2.64. The van der Waals surface area contributed by atoms with Gasteiger partial charge in [-0.15, -0.1) is 22.7 Å². The monoisotopic (exact) mass is 1650 g/mol. The Hall–Kier alpha value is -3.65. The van der Waals surface area contributed by atoms with Crippen LogP contribution in [0.4, 0.5) is 0 Å². The maximum absolute atomic E-state index is 5.68. The van der Waals surface area contributed by atoms with Crippen molar-refractivity contribution in [1.82, 2.24) is 17.5 Å². The van der Waals surface area contributed by atoms with Crippen molar-refractivity contribution >= 4 is 105 Å². The molecule has 0 saturated carbocycles. The topological polar surface area (TPSA) is 51.6 Å². The Bertz CT molecular complexity index is 4170. The molecule has 0 atom stereocenters. The van der Waals surface area contributed by atoms with E-state index in [0.29, 0.717) is 0 Å². The van der Waals surface area contributed by atoms with E-state index in [9.17, 15) is 0 Å². The van der Waals surface area contributed by atoms with Gasteiger partial charge in [-0.1, -0.05) is 432 Å². The quantitative estimate of drug-likeness (QED) is 0.0282. The summed E-state index contributed by atoms with van der Waals surface area (Å²) in [6, 6.07) is 22.0. The van der Waals surface area contributed by atoms with Gasteiger partial charge in [-0.05, 0) is 141 Å². The molecule has 0 spiro atoms. The molecule has 0 N–H and O–H groups in total. The lowest BCUT2D eigenvalue weighted by atomic mass is 9.68. The van der Waals surface area contributed by atoms with Crippen molar-refractivity contribution in [3.05, 3.63) is 81.2 Å².